The minimum absolute atomic E-state index is 0.136. The van der Waals surface area contributed by atoms with Gasteiger partial charge in [0.1, 0.15) is 10.6 Å². The van der Waals surface area contributed by atoms with Gasteiger partial charge in [0.05, 0.1) is 23.6 Å². The zero-order valence-electron chi connectivity index (χ0n) is 15.8. The number of fused-ring (bicyclic) bond motifs is 1. The molecule has 158 valence electrons. The number of carbonyl (C=O) groups is 3. The number of nitrogens with two attached hydrogens (primary N) is 1. The number of halogens is 1. The van der Waals surface area contributed by atoms with E-state index in [1.807, 2.05) is 0 Å². The summed E-state index contributed by atoms with van der Waals surface area (Å²) in [5.41, 5.74) is 5.63. The molecule has 0 bridgehead atoms. The Labute approximate surface area is 179 Å². The number of amides is 3. The van der Waals surface area contributed by atoms with E-state index in [4.69, 9.17) is 22.1 Å². The van der Waals surface area contributed by atoms with Crippen LogP contribution in [0.15, 0.2) is 18.2 Å². The molecular formula is C18H17ClN4O6S. The average molecular weight is 453 g/mol. The molecular weight excluding hydrogens is 436 g/mol. The lowest BCUT2D eigenvalue weighted by molar-refractivity contribution is -0.385. The van der Waals surface area contributed by atoms with Gasteiger partial charge in [-0.25, -0.2) is 4.79 Å². The molecule has 1 aromatic carbocycles. The van der Waals surface area contributed by atoms with Gasteiger partial charge in [0.2, 0.25) is 0 Å². The summed E-state index contributed by atoms with van der Waals surface area (Å²) < 4.78 is 5.00. The van der Waals surface area contributed by atoms with E-state index in [1.54, 1.807) is 6.92 Å². The topological polar surface area (TPSA) is 145 Å². The summed E-state index contributed by atoms with van der Waals surface area (Å²) >= 11 is 6.97. The maximum atomic E-state index is 12.7. The van der Waals surface area contributed by atoms with E-state index in [9.17, 15) is 24.5 Å². The maximum absolute atomic E-state index is 12.7. The molecule has 0 spiro atoms. The van der Waals surface area contributed by atoms with Crippen molar-refractivity contribution in [3.05, 3.63) is 54.9 Å². The number of nitrogens with zero attached hydrogens (tertiary/aromatic N) is 2. The van der Waals surface area contributed by atoms with Gasteiger partial charge in [-0.3, -0.25) is 19.7 Å². The highest BCUT2D eigenvalue weighted by Crippen LogP contribution is 2.37. The molecule has 12 heteroatoms. The SMILES string of the molecule is CCOC(=O)N1CCc2c(sc(NC(=O)c3cc(Cl)ccc3[N+](=O)[O-])c2C(N)=O)C1. The molecule has 0 saturated heterocycles. The van der Waals surface area contributed by atoms with Crippen molar-refractivity contribution in [2.75, 3.05) is 18.5 Å². The average Bonchev–Trinajstić information content (AvgIpc) is 3.04. The third-order valence-electron chi connectivity index (χ3n) is 4.46. The number of carbonyl (C=O) groups excluding carboxylic acids is 3. The van der Waals surface area contributed by atoms with Crippen molar-refractivity contribution in [3.8, 4) is 0 Å². The summed E-state index contributed by atoms with van der Waals surface area (Å²) in [6.07, 6.45) is -0.117. The normalized spacial score (nSPS) is 12.8. The third kappa shape index (κ3) is 4.21. The van der Waals surface area contributed by atoms with Gasteiger partial charge in [-0.1, -0.05) is 11.6 Å². The Balaban J connectivity index is 1.94. The summed E-state index contributed by atoms with van der Waals surface area (Å²) in [4.78, 5) is 49.5. The summed E-state index contributed by atoms with van der Waals surface area (Å²) in [5.74, 6) is -1.54. The number of ether oxygens (including phenoxy) is 1. The molecule has 3 rings (SSSR count). The Morgan fingerprint density at radius 1 is 1.40 bits per heavy atom. The first kappa shape index (κ1) is 21.5. The highest BCUT2D eigenvalue weighted by atomic mass is 35.5. The highest BCUT2D eigenvalue weighted by molar-refractivity contribution is 7.17. The second kappa shape index (κ2) is 8.67. The van der Waals surface area contributed by atoms with Crippen molar-refractivity contribution in [1.29, 1.82) is 0 Å². The zero-order chi connectivity index (χ0) is 22.0. The molecule has 0 saturated carbocycles. The van der Waals surface area contributed by atoms with E-state index >= 15 is 0 Å². The smallest absolute Gasteiger partial charge is 0.410 e. The van der Waals surface area contributed by atoms with Crippen LogP contribution in [0.5, 0.6) is 0 Å². The van der Waals surface area contributed by atoms with Crippen LogP contribution in [0, 0.1) is 10.1 Å². The monoisotopic (exact) mass is 452 g/mol. The number of primary amides is 1. The van der Waals surface area contributed by atoms with E-state index in [0.717, 1.165) is 17.4 Å². The number of anilines is 1. The van der Waals surface area contributed by atoms with Gasteiger partial charge >= 0.3 is 6.09 Å². The van der Waals surface area contributed by atoms with Crippen LogP contribution >= 0.6 is 22.9 Å². The van der Waals surface area contributed by atoms with Gasteiger partial charge in [-0.05, 0) is 31.0 Å². The Hall–Kier alpha value is -3.18. The number of benzene rings is 1. The van der Waals surface area contributed by atoms with Crippen molar-refractivity contribution in [2.45, 2.75) is 19.9 Å². The minimum atomic E-state index is -0.799. The third-order valence-corrected chi connectivity index (χ3v) is 5.82. The summed E-state index contributed by atoms with van der Waals surface area (Å²) in [6.45, 7) is 2.47. The minimum Gasteiger partial charge on any atom is -0.450 e. The predicted molar refractivity (Wildman–Crippen MR) is 110 cm³/mol. The highest BCUT2D eigenvalue weighted by Gasteiger charge is 2.31. The molecule has 1 aliphatic heterocycles. The van der Waals surface area contributed by atoms with Gasteiger partial charge in [0.15, 0.2) is 0 Å². The maximum Gasteiger partial charge on any atom is 0.410 e. The largest absolute Gasteiger partial charge is 0.450 e. The van der Waals surface area contributed by atoms with Crippen molar-refractivity contribution in [3.63, 3.8) is 0 Å². The number of hydrogen-bond donors (Lipinski definition) is 2. The number of nitrogens with one attached hydrogen (secondary N) is 1. The second-order valence-corrected chi connectivity index (χ2v) is 7.86. The van der Waals surface area contributed by atoms with Crippen LogP contribution in [-0.4, -0.2) is 40.9 Å². The van der Waals surface area contributed by atoms with Crippen LogP contribution in [0.3, 0.4) is 0 Å². The first-order valence-corrected chi connectivity index (χ1v) is 10.0. The first-order chi connectivity index (χ1) is 14.2. The standard InChI is InChI=1S/C18H17ClN4O6S/c1-2-29-18(26)22-6-5-10-13(8-22)30-17(14(10)15(20)24)21-16(25)11-7-9(19)3-4-12(11)23(27)28/h3-4,7H,2,5-6,8H2,1H3,(H2,20,24)(H,21,25). The van der Waals surface area contributed by atoms with Crippen LogP contribution in [-0.2, 0) is 17.7 Å². The quantitative estimate of drug-likeness (QED) is 0.526. The number of hydrogen-bond acceptors (Lipinski definition) is 7. The summed E-state index contributed by atoms with van der Waals surface area (Å²) in [6, 6.07) is 3.61. The molecule has 0 atom stereocenters. The predicted octanol–water partition coefficient (Wildman–Crippen LogP) is 3.18. The van der Waals surface area contributed by atoms with Crippen LogP contribution in [0.25, 0.3) is 0 Å². The van der Waals surface area contributed by atoms with Crippen LogP contribution in [0.1, 0.15) is 38.1 Å². The number of nitro benzene ring substituents is 1. The lowest BCUT2D eigenvalue weighted by Gasteiger charge is -2.26. The fraction of sp³-hybridized carbons (Fsp3) is 0.278. The molecule has 0 radical (unpaired) electrons. The van der Waals surface area contributed by atoms with Crippen LogP contribution in [0.2, 0.25) is 5.02 Å². The Kier molecular flexibility index (Phi) is 6.22. The lowest BCUT2D eigenvalue weighted by Crippen LogP contribution is -2.36. The fourth-order valence-corrected chi connectivity index (χ4v) is 4.58. The van der Waals surface area contributed by atoms with Crippen molar-refractivity contribution < 1.29 is 24.0 Å². The molecule has 1 aliphatic rings. The van der Waals surface area contributed by atoms with Crippen LogP contribution < -0.4 is 11.1 Å². The van der Waals surface area contributed by atoms with Gasteiger partial charge < -0.3 is 20.7 Å². The summed E-state index contributed by atoms with van der Waals surface area (Å²) in [7, 11) is 0. The van der Waals surface area contributed by atoms with Gasteiger partial charge in [-0.15, -0.1) is 11.3 Å². The van der Waals surface area contributed by atoms with Crippen LogP contribution in [0.4, 0.5) is 15.5 Å². The Bertz CT molecular complexity index is 1050. The molecule has 0 unspecified atom stereocenters. The molecule has 0 fully saturated rings. The Morgan fingerprint density at radius 3 is 2.77 bits per heavy atom. The molecule has 1 aromatic heterocycles. The number of thiophene rings is 1. The second-order valence-electron chi connectivity index (χ2n) is 6.32. The molecule has 3 amide bonds. The van der Waals surface area contributed by atoms with Gasteiger partial charge in [-0.2, -0.15) is 0 Å². The van der Waals surface area contributed by atoms with Crippen molar-refractivity contribution in [2.24, 2.45) is 5.73 Å². The van der Waals surface area contributed by atoms with Crippen molar-refractivity contribution >= 4 is 51.5 Å². The zero-order valence-corrected chi connectivity index (χ0v) is 17.3. The van der Waals surface area contributed by atoms with E-state index in [-0.39, 0.29) is 34.3 Å². The molecule has 30 heavy (non-hydrogen) atoms. The fourth-order valence-electron chi connectivity index (χ4n) is 3.14. The number of rotatable bonds is 5. The molecule has 0 aliphatic carbocycles. The molecule has 10 nitrogen and oxygen atoms in total. The van der Waals surface area contributed by atoms with E-state index in [1.165, 1.54) is 17.0 Å². The van der Waals surface area contributed by atoms with Crippen molar-refractivity contribution in [1.82, 2.24) is 4.90 Å². The van der Waals surface area contributed by atoms with E-state index < -0.39 is 28.5 Å². The van der Waals surface area contributed by atoms with E-state index in [2.05, 4.69) is 5.32 Å². The molecule has 2 heterocycles. The first-order valence-electron chi connectivity index (χ1n) is 8.84. The molecule has 2 aromatic rings. The molecule has 3 N–H and O–H groups in total. The van der Waals surface area contributed by atoms with E-state index in [0.29, 0.717) is 23.4 Å². The lowest BCUT2D eigenvalue weighted by atomic mass is 10.0. The van der Waals surface area contributed by atoms with Gasteiger partial charge in [0.25, 0.3) is 17.5 Å². The van der Waals surface area contributed by atoms with Gasteiger partial charge in [0, 0.05) is 22.5 Å². The Morgan fingerprint density at radius 2 is 2.13 bits per heavy atom. The number of nitro groups is 1. The summed E-state index contributed by atoms with van der Waals surface area (Å²) in [5, 5.41) is 14.1.